The molecule has 0 aromatic heterocycles. The van der Waals surface area contributed by atoms with Crippen LogP contribution in [0.1, 0.15) is 29.8 Å². The minimum atomic E-state index is -3.53. The molecule has 33 heavy (non-hydrogen) atoms. The molecule has 2 aromatic carbocycles. The van der Waals surface area contributed by atoms with Crippen molar-refractivity contribution in [2.24, 2.45) is 0 Å². The van der Waals surface area contributed by atoms with E-state index in [2.05, 4.69) is 4.90 Å². The summed E-state index contributed by atoms with van der Waals surface area (Å²) in [5, 5.41) is 0. The number of piperazine rings is 1. The summed E-state index contributed by atoms with van der Waals surface area (Å²) in [7, 11) is -0.240. The van der Waals surface area contributed by atoms with Gasteiger partial charge in [-0.2, -0.15) is 4.31 Å². The van der Waals surface area contributed by atoms with Gasteiger partial charge in [0.2, 0.25) is 10.0 Å². The number of hydrogen-bond acceptors (Lipinski definition) is 6. The number of sulfonamides is 1. The van der Waals surface area contributed by atoms with E-state index in [1.54, 1.807) is 26.4 Å². The first-order valence-electron chi connectivity index (χ1n) is 11.2. The van der Waals surface area contributed by atoms with E-state index in [1.165, 1.54) is 16.4 Å². The molecule has 1 heterocycles. The molecule has 9 heteroatoms. The highest BCUT2D eigenvalue weighted by Crippen LogP contribution is 2.26. The third-order valence-electron chi connectivity index (χ3n) is 5.99. The van der Waals surface area contributed by atoms with Crippen molar-refractivity contribution < 1.29 is 22.7 Å². The van der Waals surface area contributed by atoms with Crippen LogP contribution in [0.25, 0.3) is 0 Å². The van der Waals surface area contributed by atoms with Crippen molar-refractivity contribution in [1.29, 1.82) is 0 Å². The second-order valence-electron chi connectivity index (χ2n) is 7.86. The predicted octanol–water partition coefficient (Wildman–Crippen LogP) is 2.69. The van der Waals surface area contributed by atoms with Gasteiger partial charge in [-0.05, 0) is 42.5 Å². The maximum atomic E-state index is 13.0. The molecule has 1 saturated heterocycles. The van der Waals surface area contributed by atoms with Gasteiger partial charge >= 0.3 is 0 Å². The molecule has 0 radical (unpaired) electrons. The fourth-order valence-corrected chi connectivity index (χ4v) is 5.48. The normalized spacial score (nSPS) is 15.0. The van der Waals surface area contributed by atoms with Crippen LogP contribution in [0.2, 0.25) is 0 Å². The molecule has 3 rings (SSSR count). The largest absolute Gasteiger partial charge is 0.497 e. The van der Waals surface area contributed by atoms with Crippen molar-refractivity contribution in [3.63, 3.8) is 0 Å². The van der Waals surface area contributed by atoms with Gasteiger partial charge in [0, 0.05) is 56.9 Å². The highest BCUT2D eigenvalue weighted by Gasteiger charge is 2.25. The molecule has 0 spiro atoms. The zero-order chi connectivity index (χ0) is 24.0. The second kappa shape index (κ2) is 11.0. The monoisotopic (exact) mass is 475 g/mol. The van der Waals surface area contributed by atoms with Crippen LogP contribution in [0.5, 0.6) is 11.5 Å². The predicted molar refractivity (Wildman–Crippen MR) is 127 cm³/mol. The summed E-state index contributed by atoms with van der Waals surface area (Å²) in [6.45, 7) is 7.82. The number of nitrogens with zero attached hydrogens (tertiary/aromatic N) is 3. The zero-order valence-electron chi connectivity index (χ0n) is 19.8. The van der Waals surface area contributed by atoms with E-state index in [0.717, 1.165) is 30.2 Å². The number of carbonyl (C=O) groups excluding carboxylic acids is 1. The average Bonchev–Trinajstić information content (AvgIpc) is 2.84. The summed E-state index contributed by atoms with van der Waals surface area (Å²) >= 11 is 0. The van der Waals surface area contributed by atoms with Gasteiger partial charge in [0.15, 0.2) is 0 Å². The van der Waals surface area contributed by atoms with Gasteiger partial charge in [-0.15, -0.1) is 0 Å². The van der Waals surface area contributed by atoms with Crippen molar-refractivity contribution in [2.45, 2.75) is 25.3 Å². The fraction of sp³-hybridized carbons (Fsp3) is 0.458. The maximum absolute atomic E-state index is 13.0. The lowest BCUT2D eigenvalue weighted by Gasteiger charge is -2.35. The maximum Gasteiger partial charge on any atom is 0.253 e. The second-order valence-corrected chi connectivity index (χ2v) is 9.80. The van der Waals surface area contributed by atoms with Crippen molar-refractivity contribution in [3.05, 3.63) is 53.6 Å². The summed E-state index contributed by atoms with van der Waals surface area (Å²) in [5.74, 6) is 1.51. The lowest BCUT2D eigenvalue weighted by molar-refractivity contribution is 0.0627. The molecule has 0 saturated carbocycles. The summed E-state index contributed by atoms with van der Waals surface area (Å²) in [4.78, 5) is 17.3. The average molecular weight is 476 g/mol. The molecule has 0 bridgehead atoms. The highest BCUT2D eigenvalue weighted by molar-refractivity contribution is 7.89. The molecule has 0 atom stereocenters. The molecular weight excluding hydrogens is 442 g/mol. The molecule has 1 fully saturated rings. The van der Waals surface area contributed by atoms with Gasteiger partial charge in [0.1, 0.15) is 11.5 Å². The van der Waals surface area contributed by atoms with E-state index in [1.807, 2.05) is 36.9 Å². The molecule has 8 nitrogen and oxygen atoms in total. The number of hydrogen-bond donors (Lipinski definition) is 0. The summed E-state index contributed by atoms with van der Waals surface area (Å²) in [6.07, 6.45) is 0. The van der Waals surface area contributed by atoms with Crippen molar-refractivity contribution in [2.75, 3.05) is 53.5 Å². The van der Waals surface area contributed by atoms with Crippen LogP contribution in [0.4, 0.5) is 0 Å². The van der Waals surface area contributed by atoms with Crippen LogP contribution in [-0.4, -0.2) is 81.9 Å². The zero-order valence-corrected chi connectivity index (χ0v) is 20.6. The third kappa shape index (κ3) is 5.66. The number of methoxy groups -OCH3 is 2. The number of carbonyl (C=O) groups is 1. The Bertz CT molecular complexity index is 1040. The van der Waals surface area contributed by atoms with E-state index in [0.29, 0.717) is 38.3 Å². The molecule has 1 aliphatic heterocycles. The number of ether oxygens (including phenoxy) is 2. The van der Waals surface area contributed by atoms with Crippen LogP contribution in [0.3, 0.4) is 0 Å². The molecule has 1 aliphatic rings. The Hall–Kier alpha value is -2.62. The Morgan fingerprint density at radius 2 is 1.58 bits per heavy atom. The number of rotatable bonds is 9. The smallest absolute Gasteiger partial charge is 0.253 e. The number of amides is 1. The standard InChI is InChI=1S/C24H33N3O5S/c1-5-27(6-2)33(29,30)22-10-7-19(8-11-22)24(28)26-15-13-25(14-16-26)18-20-17-21(31-3)9-12-23(20)32-4/h7-12,17H,5-6,13-16,18H2,1-4H3. The van der Waals surface area contributed by atoms with Crippen molar-refractivity contribution >= 4 is 15.9 Å². The minimum absolute atomic E-state index is 0.0830. The topological polar surface area (TPSA) is 79.4 Å². The van der Waals surface area contributed by atoms with E-state index in [4.69, 9.17) is 9.47 Å². The Labute approximate surface area is 196 Å². The van der Waals surface area contributed by atoms with Gasteiger partial charge < -0.3 is 14.4 Å². The first-order valence-corrected chi connectivity index (χ1v) is 12.6. The lowest BCUT2D eigenvalue weighted by atomic mass is 10.1. The molecule has 0 N–H and O–H groups in total. The Balaban J connectivity index is 1.62. The first-order chi connectivity index (χ1) is 15.8. The first kappa shape index (κ1) is 25.0. The Morgan fingerprint density at radius 1 is 0.939 bits per heavy atom. The van der Waals surface area contributed by atoms with Crippen molar-refractivity contribution in [1.82, 2.24) is 14.1 Å². The molecule has 1 amide bonds. The molecule has 0 aliphatic carbocycles. The molecule has 0 unspecified atom stereocenters. The molecule has 180 valence electrons. The van der Waals surface area contributed by atoms with Gasteiger partial charge in [0.25, 0.3) is 5.91 Å². The number of benzene rings is 2. The fourth-order valence-electron chi connectivity index (χ4n) is 4.02. The molecular formula is C24H33N3O5S. The van der Waals surface area contributed by atoms with E-state index in [-0.39, 0.29) is 10.8 Å². The van der Waals surface area contributed by atoms with E-state index in [9.17, 15) is 13.2 Å². The third-order valence-corrected chi connectivity index (χ3v) is 8.05. The highest BCUT2D eigenvalue weighted by atomic mass is 32.2. The Morgan fingerprint density at radius 3 is 2.12 bits per heavy atom. The lowest BCUT2D eigenvalue weighted by Crippen LogP contribution is -2.48. The van der Waals surface area contributed by atoms with Gasteiger partial charge in [0.05, 0.1) is 19.1 Å². The van der Waals surface area contributed by atoms with Crippen LogP contribution >= 0.6 is 0 Å². The SMILES string of the molecule is CCN(CC)S(=O)(=O)c1ccc(C(=O)N2CCN(Cc3cc(OC)ccc3OC)CC2)cc1. The molecule has 2 aromatic rings. The summed E-state index contributed by atoms with van der Waals surface area (Å²) in [6, 6.07) is 12.0. The van der Waals surface area contributed by atoms with Gasteiger partial charge in [-0.25, -0.2) is 8.42 Å². The van der Waals surface area contributed by atoms with E-state index >= 15 is 0 Å². The minimum Gasteiger partial charge on any atom is -0.497 e. The van der Waals surface area contributed by atoms with E-state index < -0.39 is 10.0 Å². The Kier molecular flexibility index (Phi) is 8.34. The van der Waals surface area contributed by atoms with Gasteiger partial charge in [-0.1, -0.05) is 13.8 Å². The van der Waals surface area contributed by atoms with Crippen LogP contribution in [0, 0.1) is 0 Å². The van der Waals surface area contributed by atoms with Crippen molar-refractivity contribution in [3.8, 4) is 11.5 Å². The summed E-state index contributed by atoms with van der Waals surface area (Å²) in [5.41, 5.74) is 1.54. The van der Waals surface area contributed by atoms with Gasteiger partial charge in [-0.3, -0.25) is 9.69 Å². The van der Waals surface area contributed by atoms with Crippen LogP contribution in [-0.2, 0) is 16.6 Å². The summed E-state index contributed by atoms with van der Waals surface area (Å²) < 4.78 is 37.5. The van der Waals surface area contributed by atoms with Crippen LogP contribution in [0.15, 0.2) is 47.4 Å². The quantitative estimate of drug-likeness (QED) is 0.555. The van der Waals surface area contributed by atoms with Crippen LogP contribution < -0.4 is 9.47 Å².